The number of pyridine rings is 1. The van der Waals surface area contributed by atoms with Gasteiger partial charge in [0, 0.05) is 23.6 Å². The van der Waals surface area contributed by atoms with Gasteiger partial charge in [0.15, 0.2) is 0 Å². The zero-order chi connectivity index (χ0) is 16.9. The van der Waals surface area contributed by atoms with Gasteiger partial charge in [-0.1, -0.05) is 30.3 Å². The van der Waals surface area contributed by atoms with Gasteiger partial charge < -0.3 is 4.90 Å². The largest absolute Gasteiger partial charge is 0.304 e. The fourth-order valence-electron chi connectivity index (χ4n) is 2.53. The first-order valence-corrected chi connectivity index (χ1v) is 7.67. The van der Waals surface area contributed by atoms with Crippen LogP contribution in [0, 0.1) is 12.7 Å². The lowest BCUT2D eigenvalue weighted by Crippen LogP contribution is -2.31. The minimum absolute atomic E-state index is 0.134. The Labute approximate surface area is 140 Å². The third-order valence-electron chi connectivity index (χ3n) is 3.82. The summed E-state index contributed by atoms with van der Waals surface area (Å²) >= 11 is 0. The van der Waals surface area contributed by atoms with Crippen LogP contribution in [0.15, 0.2) is 73.1 Å². The molecular formula is C20H17FN2O. The molecule has 0 fully saturated rings. The Morgan fingerprint density at radius 2 is 1.75 bits per heavy atom. The molecule has 120 valence electrons. The van der Waals surface area contributed by atoms with Crippen molar-refractivity contribution in [3.8, 4) is 0 Å². The number of hydrogen-bond acceptors (Lipinski definition) is 2. The second-order valence-corrected chi connectivity index (χ2v) is 5.54. The van der Waals surface area contributed by atoms with E-state index in [4.69, 9.17) is 0 Å². The Morgan fingerprint density at radius 3 is 2.42 bits per heavy atom. The van der Waals surface area contributed by atoms with Gasteiger partial charge in [-0.25, -0.2) is 4.39 Å². The molecule has 0 radical (unpaired) electrons. The maximum absolute atomic E-state index is 13.3. The number of halogens is 1. The highest BCUT2D eigenvalue weighted by Crippen LogP contribution is 2.21. The van der Waals surface area contributed by atoms with Crippen LogP contribution in [0.1, 0.15) is 21.5 Å². The molecule has 0 aliphatic rings. The summed E-state index contributed by atoms with van der Waals surface area (Å²) in [5, 5.41) is 0. The quantitative estimate of drug-likeness (QED) is 0.715. The van der Waals surface area contributed by atoms with E-state index in [2.05, 4.69) is 4.98 Å². The highest BCUT2D eigenvalue weighted by atomic mass is 19.1. The molecule has 3 aromatic rings. The zero-order valence-corrected chi connectivity index (χ0v) is 13.3. The molecule has 0 aliphatic heterocycles. The zero-order valence-electron chi connectivity index (χ0n) is 13.3. The van der Waals surface area contributed by atoms with E-state index >= 15 is 0 Å². The van der Waals surface area contributed by atoms with Gasteiger partial charge in [0.25, 0.3) is 5.91 Å². The Balaban J connectivity index is 1.99. The summed E-state index contributed by atoms with van der Waals surface area (Å²) in [6.45, 7) is 2.26. The minimum atomic E-state index is -0.328. The topological polar surface area (TPSA) is 33.2 Å². The molecule has 0 unspecified atom stereocenters. The molecule has 0 aliphatic carbocycles. The first-order chi connectivity index (χ1) is 11.6. The summed E-state index contributed by atoms with van der Waals surface area (Å²) in [5.41, 5.74) is 3.05. The number of aromatic nitrogens is 1. The van der Waals surface area contributed by atoms with Gasteiger partial charge >= 0.3 is 0 Å². The number of hydrogen-bond donors (Lipinski definition) is 0. The molecular weight excluding hydrogens is 303 g/mol. The molecule has 0 bridgehead atoms. The summed E-state index contributed by atoms with van der Waals surface area (Å²) in [6.07, 6.45) is 3.27. The Kier molecular flexibility index (Phi) is 4.66. The average Bonchev–Trinajstić information content (AvgIpc) is 2.61. The van der Waals surface area contributed by atoms with Crippen LogP contribution in [-0.4, -0.2) is 10.9 Å². The molecule has 1 amide bonds. The van der Waals surface area contributed by atoms with E-state index in [1.165, 1.54) is 12.1 Å². The average molecular weight is 320 g/mol. The Hall–Kier alpha value is -3.01. The first kappa shape index (κ1) is 15.9. The van der Waals surface area contributed by atoms with Gasteiger partial charge in [-0.3, -0.25) is 9.78 Å². The lowest BCUT2D eigenvalue weighted by Gasteiger charge is -2.24. The molecule has 0 saturated carbocycles. The lowest BCUT2D eigenvalue weighted by molar-refractivity contribution is 0.0984. The molecule has 24 heavy (non-hydrogen) atoms. The van der Waals surface area contributed by atoms with E-state index in [0.717, 1.165) is 11.1 Å². The Morgan fingerprint density at radius 1 is 1.04 bits per heavy atom. The number of nitrogens with zero attached hydrogens (tertiary/aromatic N) is 2. The summed E-state index contributed by atoms with van der Waals surface area (Å²) < 4.78 is 13.3. The molecule has 1 aromatic heterocycles. The summed E-state index contributed by atoms with van der Waals surface area (Å²) in [7, 11) is 0. The van der Waals surface area contributed by atoms with Crippen LogP contribution in [0.25, 0.3) is 0 Å². The standard InChI is InChI=1S/C20H17FN2O/c1-15-13-22-12-11-19(15)20(24)23(14-16-5-3-2-4-6-16)18-9-7-17(21)8-10-18/h2-13H,14H2,1H3. The van der Waals surface area contributed by atoms with E-state index in [0.29, 0.717) is 17.8 Å². The first-order valence-electron chi connectivity index (χ1n) is 7.67. The minimum Gasteiger partial charge on any atom is -0.304 e. The molecule has 0 spiro atoms. The summed E-state index contributed by atoms with van der Waals surface area (Å²) in [6, 6.07) is 17.4. The molecule has 4 heteroatoms. The molecule has 0 N–H and O–H groups in total. The van der Waals surface area contributed by atoms with Crippen LogP contribution in [0.5, 0.6) is 0 Å². The van der Waals surface area contributed by atoms with Gasteiger partial charge in [0.2, 0.25) is 0 Å². The van der Waals surface area contributed by atoms with Gasteiger partial charge in [-0.2, -0.15) is 0 Å². The van der Waals surface area contributed by atoms with Crippen LogP contribution in [0.3, 0.4) is 0 Å². The van der Waals surface area contributed by atoms with Crippen LogP contribution < -0.4 is 4.90 Å². The number of aryl methyl sites for hydroxylation is 1. The molecule has 2 aromatic carbocycles. The maximum atomic E-state index is 13.3. The van der Waals surface area contributed by atoms with Crippen LogP contribution >= 0.6 is 0 Å². The van der Waals surface area contributed by atoms with Crippen molar-refractivity contribution < 1.29 is 9.18 Å². The summed E-state index contributed by atoms with van der Waals surface area (Å²) in [5.74, 6) is -0.462. The number of benzene rings is 2. The fraction of sp³-hybridized carbons (Fsp3) is 0.100. The van der Waals surface area contributed by atoms with Crippen molar-refractivity contribution in [2.75, 3.05) is 4.90 Å². The second-order valence-electron chi connectivity index (χ2n) is 5.54. The van der Waals surface area contributed by atoms with Crippen molar-refractivity contribution in [2.45, 2.75) is 13.5 Å². The van der Waals surface area contributed by atoms with Crippen molar-refractivity contribution in [3.05, 3.63) is 95.6 Å². The SMILES string of the molecule is Cc1cnccc1C(=O)N(Cc1ccccc1)c1ccc(F)cc1. The number of rotatable bonds is 4. The van der Waals surface area contributed by atoms with Crippen molar-refractivity contribution in [1.29, 1.82) is 0 Å². The van der Waals surface area contributed by atoms with E-state index in [1.54, 1.807) is 35.5 Å². The second kappa shape index (κ2) is 7.04. The highest BCUT2D eigenvalue weighted by Gasteiger charge is 2.19. The predicted molar refractivity (Wildman–Crippen MR) is 92.3 cm³/mol. The molecule has 3 rings (SSSR count). The van der Waals surface area contributed by atoms with Crippen molar-refractivity contribution >= 4 is 11.6 Å². The molecule has 0 saturated heterocycles. The van der Waals surface area contributed by atoms with Gasteiger partial charge in [0.05, 0.1) is 6.54 Å². The normalized spacial score (nSPS) is 10.4. The van der Waals surface area contributed by atoms with Crippen molar-refractivity contribution in [3.63, 3.8) is 0 Å². The van der Waals surface area contributed by atoms with Gasteiger partial charge in [-0.05, 0) is 48.4 Å². The number of anilines is 1. The third-order valence-corrected chi connectivity index (χ3v) is 3.82. The van der Waals surface area contributed by atoms with E-state index in [1.807, 2.05) is 37.3 Å². The van der Waals surface area contributed by atoms with Crippen molar-refractivity contribution in [1.82, 2.24) is 4.98 Å². The number of carbonyl (C=O) groups is 1. The molecule has 0 atom stereocenters. The van der Waals surface area contributed by atoms with Gasteiger partial charge in [0.1, 0.15) is 5.82 Å². The molecule has 3 nitrogen and oxygen atoms in total. The summed E-state index contributed by atoms with van der Waals surface area (Å²) in [4.78, 5) is 18.7. The molecule has 1 heterocycles. The van der Waals surface area contributed by atoms with E-state index in [-0.39, 0.29) is 11.7 Å². The highest BCUT2D eigenvalue weighted by molar-refractivity contribution is 6.06. The van der Waals surface area contributed by atoms with E-state index in [9.17, 15) is 9.18 Å². The van der Waals surface area contributed by atoms with Gasteiger partial charge in [-0.15, -0.1) is 0 Å². The third kappa shape index (κ3) is 3.49. The number of amides is 1. The van der Waals surface area contributed by atoms with Crippen molar-refractivity contribution in [2.24, 2.45) is 0 Å². The smallest absolute Gasteiger partial charge is 0.258 e. The number of carbonyl (C=O) groups excluding carboxylic acids is 1. The van der Waals surface area contributed by atoms with Crippen LogP contribution in [0.4, 0.5) is 10.1 Å². The monoisotopic (exact) mass is 320 g/mol. The predicted octanol–water partition coefficient (Wildman–Crippen LogP) is 4.38. The Bertz CT molecular complexity index is 832. The lowest BCUT2D eigenvalue weighted by atomic mass is 10.1. The maximum Gasteiger partial charge on any atom is 0.258 e. The van der Waals surface area contributed by atoms with Crippen LogP contribution in [-0.2, 0) is 6.54 Å². The van der Waals surface area contributed by atoms with E-state index < -0.39 is 0 Å². The fourth-order valence-corrected chi connectivity index (χ4v) is 2.53. The van der Waals surface area contributed by atoms with Crippen LogP contribution in [0.2, 0.25) is 0 Å².